The van der Waals surface area contributed by atoms with Crippen LogP contribution >= 0.6 is 11.6 Å². The van der Waals surface area contributed by atoms with Gasteiger partial charge in [-0.25, -0.2) is 4.79 Å². The van der Waals surface area contributed by atoms with Crippen molar-refractivity contribution in [2.45, 2.75) is 71.2 Å². The van der Waals surface area contributed by atoms with Crippen LogP contribution in [0.25, 0.3) is 0 Å². The highest BCUT2D eigenvalue weighted by Crippen LogP contribution is 2.31. The minimum absolute atomic E-state index is 0.0904. The molecule has 1 amide bonds. The molecule has 6 heteroatoms. The van der Waals surface area contributed by atoms with Gasteiger partial charge in [0.2, 0.25) is 0 Å². The fourth-order valence-corrected chi connectivity index (χ4v) is 2.73. The first-order valence-electron chi connectivity index (χ1n) is 8.34. The van der Waals surface area contributed by atoms with Gasteiger partial charge in [-0.05, 0) is 65.7 Å². The Balaban J connectivity index is 1.77. The van der Waals surface area contributed by atoms with Crippen molar-refractivity contribution in [3.8, 4) is 5.75 Å². The van der Waals surface area contributed by atoms with E-state index in [1.165, 1.54) is 0 Å². The third-order valence-electron chi connectivity index (χ3n) is 3.52. The Morgan fingerprint density at radius 3 is 2.46 bits per heavy atom. The average molecular weight is 355 g/mol. The lowest BCUT2D eigenvalue weighted by Crippen LogP contribution is -2.50. The van der Waals surface area contributed by atoms with Crippen molar-refractivity contribution in [2.75, 3.05) is 5.32 Å². The minimum Gasteiger partial charge on any atom is -0.489 e. The molecule has 2 rings (SSSR count). The fourth-order valence-electron chi connectivity index (χ4n) is 2.50. The largest absolute Gasteiger partial charge is 0.489 e. The number of ether oxygens (including phenoxy) is 2. The van der Waals surface area contributed by atoms with Gasteiger partial charge in [-0.2, -0.15) is 0 Å². The number of carbonyl (C=O) groups is 1. The van der Waals surface area contributed by atoms with E-state index in [2.05, 4.69) is 10.6 Å². The number of hydrogen-bond donors (Lipinski definition) is 2. The summed E-state index contributed by atoms with van der Waals surface area (Å²) in [6.45, 7) is 9.50. The molecule has 1 aromatic rings. The number of nitrogens with one attached hydrogen (secondary N) is 2. The van der Waals surface area contributed by atoms with Crippen molar-refractivity contribution in [1.82, 2.24) is 5.32 Å². The van der Waals surface area contributed by atoms with Crippen molar-refractivity contribution in [1.29, 1.82) is 0 Å². The van der Waals surface area contributed by atoms with E-state index in [0.717, 1.165) is 18.5 Å². The molecule has 2 N–H and O–H groups in total. The Bertz CT molecular complexity index is 578. The molecule has 0 aliphatic heterocycles. The molecule has 0 unspecified atom stereocenters. The van der Waals surface area contributed by atoms with Gasteiger partial charge in [0.1, 0.15) is 11.4 Å². The lowest BCUT2D eigenvalue weighted by molar-refractivity contribution is 0.0475. The molecule has 0 spiro atoms. The van der Waals surface area contributed by atoms with E-state index in [9.17, 15) is 4.79 Å². The molecule has 0 heterocycles. The summed E-state index contributed by atoms with van der Waals surface area (Å²) in [5.41, 5.74) is 0.485. The van der Waals surface area contributed by atoms with Crippen LogP contribution in [0.3, 0.4) is 0 Å². The van der Waals surface area contributed by atoms with Crippen LogP contribution < -0.4 is 15.4 Å². The van der Waals surface area contributed by atoms with E-state index in [0.29, 0.717) is 16.8 Å². The zero-order valence-corrected chi connectivity index (χ0v) is 15.7. The highest BCUT2D eigenvalue weighted by atomic mass is 35.5. The topological polar surface area (TPSA) is 59.6 Å². The van der Waals surface area contributed by atoms with E-state index < -0.39 is 5.60 Å². The molecule has 0 saturated heterocycles. The van der Waals surface area contributed by atoms with Crippen LogP contribution in [0.4, 0.5) is 10.5 Å². The van der Waals surface area contributed by atoms with Crippen LogP contribution in [0, 0.1) is 0 Å². The summed E-state index contributed by atoms with van der Waals surface area (Å²) in [5.74, 6) is 0.690. The van der Waals surface area contributed by atoms with E-state index in [1.54, 1.807) is 0 Å². The van der Waals surface area contributed by atoms with E-state index in [1.807, 2.05) is 52.8 Å². The molecule has 0 bridgehead atoms. The summed E-state index contributed by atoms with van der Waals surface area (Å²) < 4.78 is 10.9. The lowest BCUT2D eigenvalue weighted by atomic mass is 9.86. The Kier molecular flexibility index (Phi) is 5.86. The van der Waals surface area contributed by atoms with Gasteiger partial charge in [0, 0.05) is 17.8 Å². The van der Waals surface area contributed by atoms with Crippen LogP contribution in [0.5, 0.6) is 5.75 Å². The molecule has 1 fully saturated rings. The van der Waals surface area contributed by atoms with Crippen molar-refractivity contribution in [3.05, 3.63) is 23.2 Å². The van der Waals surface area contributed by atoms with Gasteiger partial charge in [0.15, 0.2) is 0 Å². The second kappa shape index (κ2) is 7.51. The van der Waals surface area contributed by atoms with Crippen molar-refractivity contribution in [3.63, 3.8) is 0 Å². The second-order valence-corrected chi connectivity index (χ2v) is 7.87. The molecular formula is C18H27ClN2O3. The molecule has 1 aromatic carbocycles. The van der Waals surface area contributed by atoms with Gasteiger partial charge in [0.05, 0.1) is 11.1 Å². The number of amides is 1. The Hall–Kier alpha value is -1.62. The number of rotatable bonds is 5. The first kappa shape index (κ1) is 18.7. The summed E-state index contributed by atoms with van der Waals surface area (Å²) >= 11 is 6.24. The maximum atomic E-state index is 11.7. The maximum Gasteiger partial charge on any atom is 0.407 e. The fraction of sp³-hybridized carbons (Fsp3) is 0.611. The molecule has 1 saturated carbocycles. The van der Waals surface area contributed by atoms with Crippen molar-refractivity contribution >= 4 is 23.4 Å². The van der Waals surface area contributed by atoms with Gasteiger partial charge in [-0.3, -0.25) is 0 Å². The maximum absolute atomic E-state index is 11.7. The number of benzene rings is 1. The normalized spacial score (nSPS) is 20.3. The minimum atomic E-state index is -0.470. The van der Waals surface area contributed by atoms with Crippen LogP contribution in [0.15, 0.2) is 18.2 Å². The van der Waals surface area contributed by atoms with Gasteiger partial charge in [0.25, 0.3) is 0 Å². The first-order valence-corrected chi connectivity index (χ1v) is 8.72. The van der Waals surface area contributed by atoms with Crippen LogP contribution in [0.2, 0.25) is 5.02 Å². The number of anilines is 1. The molecule has 1 aliphatic carbocycles. The summed E-state index contributed by atoms with van der Waals surface area (Å²) in [6, 6.07) is 6.17. The number of halogens is 1. The highest BCUT2D eigenvalue weighted by molar-refractivity contribution is 6.32. The Morgan fingerprint density at radius 2 is 1.92 bits per heavy atom. The summed E-state index contributed by atoms with van der Waals surface area (Å²) in [6.07, 6.45) is 1.46. The SMILES string of the molecule is CC(C)Oc1ccc(NC2CC(NC(=O)OC(C)(C)C)C2)cc1Cl. The molecular weight excluding hydrogens is 328 g/mol. The number of alkyl carbamates (subject to hydrolysis) is 1. The molecule has 134 valence electrons. The summed E-state index contributed by atoms with van der Waals surface area (Å²) in [5, 5.41) is 6.90. The van der Waals surface area contributed by atoms with Crippen molar-refractivity contribution in [2.24, 2.45) is 0 Å². The summed E-state index contributed by atoms with van der Waals surface area (Å²) in [7, 11) is 0. The highest BCUT2D eigenvalue weighted by Gasteiger charge is 2.31. The monoisotopic (exact) mass is 354 g/mol. The van der Waals surface area contributed by atoms with Gasteiger partial charge < -0.3 is 20.1 Å². The zero-order valence-electron chi connectivity index (χ0n) is 15.0. The molecule has 1 aliphatic rings. The van der Waals surface area contributed by atoms with Crippen molar-refractivity contribution < 1.29 is 14.3 Å². The second-order valence-electron chi connectivity index (χ2n) is 7.47. The average Bonchev–Trinajstić information content (AvgIpc) is 2.36. The quantitative estimate of drug-likeness (QED) is 0.811. The Morgan fingerprint density at radius 1 is 1.25 bits per heavy atom. The molecule has 0 aromatic heterocycles. The predicted molar refractivity (Wildman–Crippen MR) is 97.0 cm³/mol. The predicted octanol–water partition coefficient (Wildman–Crippen LogP) is 4.59. The van der Waals surface area contributed by atoms with E-state index >= 15 is 0 Å². The molecule has 0 atom stereocenters. The van der Waals surface area contributed by atoms with E-state index in [4.69, 9.17) is 21.1 Å². The van der Waals surface area contributed by atoms with Crippen LogP contribution in [-0.4, -0.2) is 29.9 Å². The standard InChI is InChI=1S/C18H27ClN2O3/c1-11(2)23-16-7-6-12(10-15(16)19)20-13-8-14(9-13)21-17(22)24-18(3,4)5/h6-7,10-11,13-14,20H,8-9H2,1-5H3,(H,21,22). The van der Waals surface area contributed by atoms with E-state index in [-0.39, 0.29) is 18.2 Å². The Labute approximate surface area is 149 Å². The lowest BCUT2D eigenvalue weighted by Gasteiger charge is -2.37. The van der Waals surface area contributed by atoms with Crippen LogP contribution in [0.1, 0.15) is 47.5 Å². The number of hydrogen-bond acceptors (Lipinski definition) is 4. The van der Waals surface area contributed by atoms with Gasteiger partial charge >= 0.3 is 6.09 Å². The molecule has 5 nitrogen and oxygen atoms in total. The summed E-state index contributed by atoms with van der Waals surface area (Å²) in [4.78, 5) is 11.7. The van der Waals surface area contributed by atoms with Gasteiger partial charge in [-0.15, -0.1) is 0 Å². The molecule has 24 heavy (non-hydrogen) atoms. The van der Waals surface area contributed by atoms with Gasteiger partial charge in [-0.1, -0.05) is 11.6 Å². The zero-order chi connectivity index (χ0) is 17.9. The number of carbonyl (C=O) groups excluding carboxylic acids is 1. The first-order chi connectivity index (χ1) is 11.1. The van der Waals surface area contributed by atoms with Crippen LogP contribution in [-0.2, 0) is 4.74 Å². The smallest absolute Gasteiger partial charge is 0.407 e. The molecule has 0 radical (unpaired) electrons. The third kappa shape index (κ3) is 5.78. The third-order valence-corrected chi connectivity index (χ3v) is 3.82.